The van der Waals surface area contributed by atoms with Gasteiger partial charge in [-0.3, -0.25) is 10.1 Å². The molecule has 0 N–H and O–H groups in total. The molecule has 0 radical (unpaired) electrons. The first-order chi connectivity index (χ1) is 12.6. The molecule has 1 aromatic heterocycles. The van der Waals surface area contributed by atoms with E-state index in [1.54, 1.807) is 6.07 Å². The Morgan fingerprint density at radius 3 is 2.46 bits per heavy atom. The normalized spacial score (nSPS) is 10.2. The highest BCUT2D eigenvalue weighted by Crippen LogP contribution is 2.42. The van der Waals surface area contributed by atoms with Crippen LogP contribution in [0.4, 0.5) is 5.69 Å². The molecule has 3 aromatic rings. The van der Waals surface area contributed by atoms with Crippen molar-refractivity contribution in [3.63, 3.8) is 0 Å². The van der Waals surface area contributed by atoms with Crippen LogP contribution in [-0.4, -0.2) is 24.1 Å². The van der Waals surface area contributed by atoms with Crippen LogP contribution >= 0.6 is 11.3 Å². The zero-order chi connectivity index (χ0) is 18.7. The van der Waals surface area contributed by atoms with E-state index in [9.17, 15) is 15.4 Å². The summed E-state index contributed by atoms with van der Waals surface area (Å²) in [7, 11) is 2.75. The van der Waals surface area contributed by atoms with Gasteiger partial charge in [-0.25, -0.2) is 4.98 Å². The molecule has 0 atom stereocenters. The Labute approximate surface area is 153 Å². The van der Waals surface area contributed by atoms with Crippen molar-refractivity contribution in [2.24, 2.45) is 0 Å². The van der Waals surface area contributed by atoms with Crippen LogP contribution < -0.4 is 9.47 Å². The third-order valence-electron chi connectivity index (χ3n) is 3.68. The van der Waals surface area contributed by atoms with Crippen LogP contribution in [0.1, 0.15) is 4.88 Å². The predicted molar refractivity (Wildman–Crippen MR) is 97.5 cm³/mol. The van der Waals surface area contributed by atoms with Crippen molar-refractivity contribution < 1.29 is 14.4 Å². The average Bonchev–Trinajstić information content (AvgIpc) is 3.11. The second-order valence-electron chi connectivity index (χ2n) is 5.16. The van der Waals surface area contributed by atoms with Gasteiger partial charge in [-0.05, 0) is 6.07 Å². The molecule has 2 aromatic carbocycles. The minimum absolute atomic E-state index is 0.0431. The molecule has 0 spiro atoms. The van der Waals surface area contributed by atoms with Gasteiger partial charge in [0.25, 0.3) is 0 Å². The molecule has 7 nitrogen and oxygen atoms in total. The van der Waals surface area contributed by atoms with Gasteiger partial charge in [-0.1, -0.05) is 30.3 Å². The minimum Gasteiger partial charge on any atom is -0.493 e. The lowest BCUT2D eigenvalue weighted by atomic mass is 10.1. The van der Waals surface area contributed by atoms with Crippen molar-refractivity contribution in [2.75, 3.05) is 14.2 Å². The number of aromatic nitrogens is 1. The van der Waals surface area contributed by atoms with Crippen LogP contribution in [0.2, 0.25) is 0 Å². The van der Waals surface area contributed by atoms with Gasteiger partial charge in [-0.15, -0.1) is 11.3 Å². The lowest BCUT2D eigenvalue weighted by Crippen LogP contribution is -1.97. The van der Waals surface area contributed by atoms with Crippen LogP contribution in [0.5, 0.6) is 11.5 Å². The van der Waals surface area contributed by atoms with E-state index in [0.717, 1.165) is 5.56 Å². The summed E-state index contributed by atoms with van der Waals surface area (Å²) < 4.78 is 10.3. The quantitative estimate of drug-likeness (QED) is 0.493. The highest BCUT2D eigenvalue weighted by atomic mass is 32.1. The van der Waals surface area contributed by atoms with E-state index in [1.807, 2.05) is 30.3 Å². The fraction of sp³-hybridized carbons (Fsp3) is 0.111. The van der Waals surface area contributed by atoms with Crippen LogP contribution in [0.15, 0.2) is 42.5 Å². The Balaban J connectivity index is 2.19. The van der Waals surface area contributed by atoms with Gasteiger partial charge in [0.05, 0.1) is 24.8 Å². The molecule has 0 saturated carbocycles. The molecule has 26 heavy (non-hydrogen) atoms. The van der Waals surface area contributed by atoms with Crippen LogP contribution in [0.3, 0.4) is 0 Å². The van der Waals surface area contributed by atoms with Gasteiger partial charge in [-0.2, -0.15) is 5.26 Å². The molecule has 3 rings (SSSR count). The number of hydrogen-bond acceptors (Lipinski definition) is 7. The summed E-state index contributed by atoms with van der Waals surface area (Å²) in [5, 5.41) is 21.3. The highest BCUT2D eigenvalue weighted by molar-refractivity contribution is 7.16. The lowest BCUT2D eigenvalue weighted by molar-refractivity contribution is -0.385. The first-order valence-corrected chi connectivity index (χ1v) is 8.27. The fourth-order valence-electron chi connectivity index (χ4n) is 2.51. The van der Waals surface area contributed by atoms with Crippen molar-refractivity contribution in [2.45, 2.75) is 0 Å². The number of nitro groups is 1. The third-order valence-corrected chi connectivity index (χ3v) is 4.69. The third kappa shape index (κ3) is 3.08. The van der Waals surface area contributed by atoms with E-state index in [2.05, 4.69) is 11.1 Å². The van der Waals surface area contributed by atoms with Gasteiger partial charge >= 0.3 is 5.69 Å². The van der Waals surface area contributed by atoms with Crippen molar-refractivity contribution in [1.29, 1.82) is 5.26 Å². The monoisotopic (exact) mass is 367 g/mol. The maximum absolute atomic E-state index is 11.4. The topological polar surface area (TPSA) is 98.3 Å². The van der Waals surface area contributed by atoms with Crippen molar-refractivity contribution in [3.8, 4) is 39.4 Å². The molecule has 0 fully saturated rings. The summed E-state index contributed by atoms with van der Waals surface area (Å²) in [6.45, 7) is 0. The van der Waals surface area contributed by atoms with E-state index < -0.39 is 4.92 Å². The van der Waals surface area contributed by atoms with Crippen molar-refractivity contribution in [1.82, 2.24) is 4.98 Å². The number of nitro benzene ring substituents is 1. The van der Waals surface area contributed by atoms with Crippen molar-refractivity contribution in [3.05, 3.63) is 57.5 Å². The molecule has 0 aliphatic carbocycles. The average molecular weight is 367 g/mol. The Hall–Kier alpha value is -3.44. The van der Waals surface area contributed by atoms with Gasteiger partial charge in [0.2, 0.25) is 5.75 Å². The maximum atomic E-state index is 11.4. The molecule has 0 amide bonds. The largest absolute Gasteiger partial charge is 0.493 e. The van der Waals surface area contributed by atoms with Crippen LogP contribution in [0.25, 0.3) is 21.8 Å². The zero-order valence-corrected chi connectivity index (χ0v) is 14.7. The van der Waals surface area contributed by atoms with Crippen LogP contribution in [-0.2, 0) is 0 Å². The number of benzene rings is 2. The number of methoxy groups -OCH3 is 2. The lowest BCUT2D eigenvalue weighted by Gasteiger charge is -2.09. The van der Waals surface area contributed by atoms with Gasteiger partial charge < -0.3 is 9.47 Å². The second kappa shape index (κ2) is 7.21. The smallest absolute Gasteiger partial charge is 0.315 e. The number of thiazole rings is 1. The summed E-state index contributed by atoms with van der Waals surface area (Å²) >= 11 is 1.17. The minimum atomic E-state index is -0.540. The molecule has 1 heterocycles. The molecular weight excluding hydrogens is 354 g/mol. The van der Waals surface area contributed by atoms with E-state index >= 15 is 0 Å². The fourth-order valence-corrected chi connectivity index (χ4v) is 3.39. The first-order valence-electron chi connectivity index (χ1n) is 7.46. The zero-order valence-electron chi connectivity index (χ0n) is 13.9. The highest BCUT2D eigenvalue weighted by Gasteiger charge is 2.24. The standard InChI is InChI=1S/C18H13N3O4S/c1-24-14-9-12(8-13(21(22)23)17(14)25-2)18-20-16(15(10-19)26-18)11-6-4-3-5-7-11/h3-9H,1-2H3. The van der Waals surface area contributed by atoms with E-state index in [0.29, 0.717) is 21.1 Å². The molecule has 8 heteroatoms. The molecule has 0 aliphatic rings. The molecule has 130 valence electrons. The summed E-state index contributed by atoms with van der Waals surface area (Å²) in [5.74, 6) is 0.272. The van der Waals surface area contributed by atoms with E-state index in [-0.39, 0.29) is 17.2 Å². The second-order valence-corrected chi connectivity index (χ2v) is 6.16. The summed E-state index contributed by atoms with van der Waals surface area (Å²) in [6.07, 6.45) is 0. The van der Waals surface area contributed by atoms with Gasteiger partial charge in [0.15, 0.2) is 5.75 Å². The van der Waals surface area contributed by atoms with E-state index in [1.165, 1.54) is 31.6 Å². The Kier molecular flexibility index (Phi) is 4.82. The number of ether oxygens (including phenoxy) is 2. The van der Waals surface area contributed by atoms with Gasteiger partial charge in [0, 0.05) is 17.2 Å². The summed E-state index contributed by atoms with van der Waals surface area (Å²) in [4.78, 5) is 15.8. The SMILES string of the molecule is COc1cc(-c2nc(-c3ccccc3)c(C#N)s2)cc([N+](=O)[O-])c1OC. The number of hydrogen-bond donors (Lipinski definition) is 0. The number of nitrogens with zero attached hydrogens (tertiary/aromatic N) is 3. The summed E-state index contributed by atoms with van der Waals surface area (Å²) in [5.41, 5.74) is 1.61. The molecule has 0 aliphatic heterocycles. The molecule has 0 saturated heterocycles. The molecule has 0 bridgehead atoms. The van der Waals surface area contributed by atoms with Gasteiger partial charge in [0.1, 0.15) is 16.0 Å². The Morgan fingerprint density at radius 2 is 1.88 bits per heavy atom. The van der Waals surface area contributed by atoms with E-state index in [4.69, 9.17) is 9.47 Å². The predicted octanol–water partition coefficient (Wildman–Crippen LogP) is 4.27. The Morgan fingerprint density at radius 1 is 1.15 bits per heavy atom. The Bertz CT molecular complexity index is 1010. The summed E-state index contributed by atoms with van der Waals surface area (Å²) in [6, 6.07) is 14.4. The molecular formula is C18H13N3O4S. The number of nitriles is 1. The van der Waals surface area contributed by atoms with Crippen molar-refractivity contribution >= 4 is 17.0 Å². The first kappa shape index (κ1) is 17.4. The molecule has 0 unspecified atom stereocenters. The van der Waals surface area contributed by atoms with Crippen LogP contribution in [0, 0.1) is 21.4 Å². The number of rotatable bonds is 5. The maximum Gasteiger partial charge on any atom is 0.315 e.